The van der Waals surface area contributed by atoms with Crippen LogP contribution in [0.3, 0.4) is 0 Å². The summed E-state index contributed by atoms with van der Waals surface area (Å²) in [4.78, 5) is 12.1. The second-order valence-corrected chi connectivity index (χ2v) is 5.70. The molecule has 0 atom stereocenters. The van der Waals surface area contributed by atoms with Gasteiger partial charge in [-0.05, 0) is 31.9 Å². The van der Waals surface area contributed by atoms with E-state index in [0.29, 0.717) is 15.6 Å². The van der Waals surface area contributed by atoms with E-state index in [0.717, 1.165) is 28.2 Å². The van der Waals surface area contributed by atoms with Crippen LogP contribution in [0.15, 0.2) is 12.1 Å². The maximum absolute atomic E-state index is 12.1. The van der Waals surface area contributed by atoms with Crippen molar-refractivity contribution in [3.63, 3.8) is 0 Å². The number of aromatic nitrogens is 2. The summed E-state index contributed by atoms with van der Waals surface area (Å²) in [6, 6.07) is 3.92. The lowest BCUT2D eigenvalue weighted by Gasteiger charge is -2.10. The van der Waals surface area contributed by atoms with Gasteiger partial charge in [0.05, 0.1) is 5.56 Å². The molecule has 0 bridgehead atoms. The number of carbonyl (C=O) groups is 1. The molecule has 0 saturated carbocycles. The van der Waals surface area contributed by atoms with E-state index in [1.165, 1.54) is 0 Å². The molecule has 2 rings (SSSR count). The first-order valence-electron chi connectivity index (χ1n) is 5.70. The number of carbonyl (C=O) groups excluding carboxylic acids is 1. The minimum Gasteiger partial charge on any atom is -0.455 e. The molecular formula is C13H13ClN2O2S. The molecule has 0 N–H and O–H groups in total. The van der Waals surface area contributed by atoms with Gasteiger partial charge in [0.2, 0.25) is 0 Å². The number of benzene rings is 1. The maximum atomic E-state index is 12.1. The average molecular weight is 297 g/mol. The van der Waals surface area contributed by atoms with Crippen molar-refractivity contribution in [2.45, 2.75) is 27.4 Å². The van der Waals surface area contributed by atoms with Crippen LogP contribution in [-0.4, -0.2) is 15.6 Å². The molecule has 1 aromatic heterocycles. The number of hydrogen-bond donors (Lipinski definition) is 0. The summed E-state index contributed by atoms with van der Waals surface area (Å²) in [5.41, 5.74) is 4.03. The van der Waals surface area contributed by atoms with Gasteiger partial charge in [-0.2, -0.15) is 0 Å². The Balaban J connectivity index is 2.15. The van der Waals surface area contributed by atoms with Gasteiger partial charge in [0, 0.05) is 11.5 Å². The molecule has 0 radical (unpaired) electrons. The second-order valence-electron chi connectivity index (χ2n) is 4.34. The van der Waals surface area contributed by atoms with Crippen LogP contribution in [0.5, 0.6) is 0 Å². The SMILES string of the molecule is Cc1cc(C)c(C(=O)OCc2nnsc2Cl)c(C)c1. The number of halogens is 1. The van der Waals surface area contributed by atoms with Gasteiger partial charge in [-0.1, -0.05) is 33.8 Å². The molecule has 0 fully saturated rings. The predicted octanol–water partition coefficient (Wildman–Crippen LogP) is 3.47. The summed E-state index contributed by atoms with van der Waals surface area (Å²) in [7, 11) is 0. The van der Waals surface area contributed by atoms with Crippen molar-refractivity contribution >= 4 is 29.1 Å². The van der Waals surface area contributed by atoms with E-state index >= 15 is 0 Å². The van der Waals surface area contributed by atoms with Gasteiger partial charge in [0.15, 0.2) is 0 Å². The fourth-order valence-electron chi connectivity index (χ4n) is 1.99. The van der Waals surface area contributed by atoms with Gasteiger partial charge in [0.1, 0.15) is 16.6 Å². The Morgan fingerprint density at radius 1 is 1.32 bits per heavy atom. The van der Waals surface area contributed by atoms with E-state index in [-0.39, 0.29) is 12.6 Å². The van der Waals surface area contributed by atoms with Crippen molar-refractivity contribution < 1.29 is 9.53 Å². The molecule has 0 aliphatic rings. The van der Waals surface area contributed by atoms with Gasteiger partial charge in [-0.3, -0.25) is 0 Å². The summed E-state index contributed by atoms with van der Waals surface area (Å²) in [5, 5.41) is 3.80. The number of aryl methyl sites for hydroxylation is 3. The summed E-state index contributed by atoms with van der Waals surface area (Å²) < 4.78 is 9.37. The predicted molar refractivity (Wildman–Crippen MR) is 74.7 cm³/mol. The zero-order valence-electron chi connectivity index (χ0n) is 10.9. The third-order valence-electron chi connectivity index (χ3n) is 2.73. The molecule has 100 valence electrons. The number of ether oxygens (including phenoxy) is 1. The van der Waals surface area contributed by atoms with Gasteiger partial charge in [0.25, 0.3) is 0 Å². The molecule has 0 aliphatic carbocycles. The Labute approximate surface area is 120 Å². The molecule has 0 saturated heterocycles. The Morgan fingerprint density at radius 2 is 1.95 bits per heavy atom. The summed E-state index contributed by atoms with van der Waals surface area (Å²) in [5.74, 6) is -0.362. The van der Waals surface area contributed by atoms with E-state index in [4.69, 9.17) is 16.3 Å². The average Bonchev–Trinajstić information content (AvgIpc) is 2.70. The molecule has 1 aromatic carbocycles. The van der Waals surface area contributed by atoms with Crippen LogP contribution < -0.4 is 0 Å². The highest BCUT2D eigenvalue weighted by atomic mass is 35.5. The number of rotatable bonds is 3. The molecule has 0 unspecified atom stereocenters. The zero-order chi connectivity index (χ0) is 14.0. The number of nitrogens with zero attached hydrogens (tertiary/aromatic N) is 2. The first-order chi connectivity index (χ1) is 8.99. The fourth-order valence-corrected chi connectivity index (χ4v) is 2.59. The highest BCUT2D eigenvalue weighted by molar-refractivity contribution is 7.10. The fraction of sp³-hybridized carbons (Fsp3) is 0.308. The van der Waals surface area contributed by atoms with Gasteiger partial charge >= 0.3 is 5.97 Å². The smallest absolute Gasteiger partial charge is 0.339 e. The van der Waals surface area contributed by atoms with Crippen molar-refractivity contribution in [2.24, 2.45) is 0 Å². The molecule has 0 aliphatic heterocycles. The van der Waals surface area contributed by atoms with E-state index < -0.39 is 0 Å². The molecular weight excluding hydrogens is 284 g/mol. The molecule has 2 aromatic rings. The van der Waals surface area contributed by atoms with Crippen LogP contribution in [0.25, 0.3) is 0 Å². The first-order valence-corrected chi connectivity index (χ1v) is 6.86. The van der Waals surface area contributed by atoms with Crippen LogP contribution >= 0.6 is 23.1 Å². The van der Waals surface area contributed by atoms with E-state index in [1.807, 2.05) is 32.9 Å². The summed E-state index contributed by atoms with van der Waals surface area (Å²) in [6.45, 7) is 5.83. The van der Waals surface area contributed by atoms with Crippen LogP contribution in [0.2, 0.25) is 4.34 Å². The lowest BCUT2D eigenvalue weighted by Crippen LogP contribution is -2.10. The monoisotopic (exact) mass is 296 g/mol. The van der Waals surface area contributed by atoms with Crippen molar-refractivity contribution in [1.29, 1.82) is 0 Å². The standard InChI is InChI=1S/C13H13ClN2O2S/c1-7-4-8(2)11(9(3)5-7)13(17)18-6-10-12(14)19-16-15-10/h4-5H,6H2,1-3H3. The Hall–Kier alpha value is -1.46. The molecule has 6 heteroatoms. The van der Waals surface area contributed by atoms with Gasteiger partial charge < -0.3 is 4.74 Å². The summed E-state index contributed by atoms with van der Waals surface area (Å²) >= 11 is 6.93. The van der Waals surface area contributed by atoms with Gasteiger partial charge in [-0.15, -0.1) is 5.10 Å². The Bertz CT molecular complexity index is 602. The number of hydrogen-bond acceptors (Lipinski definition) is 5. The molecule has 0 amide bonds. The lowest BCUT2D eigenvalue weighted by molar-refractivity contribution is 0.0466. The quantitative estimate of drug-likeness (QED) is 0.814. The van der Waals surface area contributed by atoms with Crippen molar-refractivity contribution in [1.82, 2.24) is 9.59 Å². The van der Waals surface area contributed by atoms with Gasteiger partial charge in [-0.25, -0.2) is 4.79 Å². The van der Waals surface area contributed by atoms with Crippen LogP contribution in [0.4, 0.5) is 0 Å². The third kappa shape index (κ3) is 3.11. The van der Waals surface area contributed by atoms with Crippen LogP contribution in [-0.2, 0) is 11.3 Å². The Kier molecular flexibility index (Phi) is 4.17. The first kappa shape index (κ1) is 14.0. The minimum absolute atomic E-state index is 0.0426. The topological polar surface area (TPSA) is 52.1 Å². The normalized spacial score (nSPS) is 10.5. The van der Waals surface area contributed by atoms with Crippen molar-refractivity contribution in [2.75, 3.05) is 0 Å². The van der Waals surface area contributed by atoms with Crippen LogP contribution in [0, 0.1) is 20.8 Å². The molecule has 1 heterocycles. The lowest BCUT2D eigenvalue weighted by atomic mass is 10.00. The number of esters is 1. The van der Waals surface area contributed by atoms with E-state index in [9.17, 15) is 4.79 Å². The highest BCUT2D eigenvalue weighted by Gasteiger charge is 2.16. The van der Waals surface area contributed by atoms with Crippen LogP contribution in [0.1, 0.15) is 32.7 Å². The minimum atomic E-state index is -0.362. The molecule has 4 nitrogen and oxygen atoms in total. The molecule has 19 heavy (non-hydrogen) atoms. The summed E-state index contributed by atoms with van der Waals surface area (Å²) in [6.07, 6.45) is 0. The van der Waals surface area contributed by atoms with Crippen molar-refractivity contribution in [3.05, 3.63) is 44.4 Å². The third-order valence-corrected chi connectivity index (χ3v) is 3.71. The van der Waals surface area contributed by atoms with E-state index in [1.54, 1.807) is 0 Å². The highest BCUT2D eigenvalue weighted by Crippen LogP contribution is 2.20. The maximum Gasteiger partial charge on any atom is 0.339 e. The second kappa shape index (κ2) is 5.67. The Morgan fingerprint density at radius 3 is 2.47 bits per heavy atom. The van der Waals surface area contributed by atoms with E-state index in [2.05, 4.69) is 9.59 Å². The van der Waals surface area contributed by atoms with Crippen molar-refractivity contribution in [3.8, 4) is 0 Å². The largest absolute Gasteiger partial charge is 0.455 e. The zero-order valence-corrected chi connectivity index (χ0v) is 12.4. The molecule has 0 spiro atoms.